The molecule has 0 atom stereocenters. The molecule has 1 amide bonds. The third kappa shape index (κ3) is 5.97. The molecule has 2 N–H and O–H groups in total. The molecule has 0 saturated carbocycles. The highest BCUT2D eigenvalue weighted by molar-refractivity contribution is 8.00. The van der Waals surface area contributed by atoms with Crippen molar-refractivity contribution in [1.29, 1.82) is 5.26 Å². The summed E-state index contributed by atoms with van der Waals surface area (Å²) in [4.78, 5) is 27.1. The normalized spacial score (nSPS) is 12.2. The van der Waals surface area contributed by atoms with Gasteiger partial charge in [-0.3, -0.25) is 18.5 Å². The number of alkyl halides is 3. The Kier molecular flexibility index (Phi) is 8.17. The summed E-state index contributed by atoms with van der Waals surface area (Å²) >= 11 is 0. The second-order valence-electron chi connectivity index (χ2n) is 9.36. The van der Waals surface area contributed by atoms with E-state index in [4.69, 9.17) is 5.26 Å². The maximum absolute atomic E-state index is 13.4. The number of aromatic nitrogens is 1. The molecule has 2 aromatic carbocycles. The number of hydrogen-bond acceptors (Lipinski definition) is 4. The molecule has 38 heavy (non-hydrogen) atoms. The van der Waals surface area contributed by atoms with Crippen LogP contribution in [0.1, 0.15) is 52.6 Å². The van der Waals surface area contributed by atoms with E-state index in [-0.39, 0.29) is 29.3 Å². The molecule has 3 rings (SSSR count). The second kappa shape index (κ2) is 10.8. The molecule has 0 aliphatic carbocycles. The molecule has 0 unspecified atom stereocenters. The SMILES string of the molecule is Cc1cc(CNC(=O)c2cn(C(C)C)c(C)c(-c3cccc(C(F)(F)F)c3)c2=O)ccc1[SH](C)(=O)NC#N. The molecule has 0 aliphatic heterocycles. The first-order chi connectivity index (χ1) is 17.7. The maximum Gasteiger partial charge on any atom is 0.416 e. The number of nitriles is 1. The number of nitrogens with zero attached hydrogens (tertiary/aromatic N) is 2. The molecule has 3 aromatic rings. The zero-order chi connectivity index (χ0) is 28.4. The summed E-state index contributed by atoms with van der Waals surface area (Å²) in [5.74, 6) is -0.674. The van der Waals surface area contributed by atoms with Crippen LogP contribution >= 0.6 is 0 Å². The average Bonchev–Trinajstić information content (AvgIpc) is 2.82. The van der Waals surface area contributed by atoms with E-state index in [9.17, 15) is 27.0 Å². The quantitative estimate of drug-likeness (QED) is 0.228. The molecule has 0 spiro atoms. The first kappa shape index (κ1) is 28.7. The number of pyridine rings is 1. The lowest BCUT2D eigenvalue weighted by Gasteiger charge is -2.21. The fraction of sp³-hybridized carbons (Fsp3) is 0.296. The topological polar surface area (TPSA) is 104 Å². The Balaban J connectivity index is 1.99. The van der Waals surface area contributed by atoms with Crippen LogP contribution in [0.15, 0.2) is 58.4 Å². The van der Waals surface area contributed by atoms with Crippen molar-refractivity contribution in [2.45, 2.75) is 51.4 Å². The van der Waals surface area contributed by atoms with Crippen molar-refractivity contribution >= 4 is 16.0 Å². The number of rotatable bonds is 7. The summed E-state index contributed by atoms with van der Waals surface area (Å²) in [7, 11) is -3.08. The van der Waals surface area contributed by atoms with Crippen LogP contribution in [0.3, 0.4) is 0 Å². The Morgan fingerprint density at radius 3 is 2.42 bits per heavy atom. The fourth-order valence-electron chi connectivity index (χ4n) is 4.35. The number of thiol groups is 1. The molecule has 0 radical (unpaired) electrons. The lowest BCUT2D eigenvalue weighted by atomic mass is 9.98. The predicted octanol–water partition coefficient (Wildman–Crippen LogP) is 4.65. The van der Waals surface area contributed by atoms with Crippen molar-refractivity contribution in [2.75, 3.05) is 6.26 Å². The van der Waals surface area contributed by atoms with Crippen LogP contribution in [-0.4, -0.2) is 20.9 Å². The van der Waals surface area contributed by atoms with Crippen molar-refractivity contribution in [1.82, 2.24) is 14.6 Å². The molecule has 7 nitrogen and oxygen atoms in total. The number of halogens is 3. The lowest BCUT2D eigenvalue weighted by Crippen LogP contribution is -2.31. The minimum Gasteiger partial charge on any atom is -0.348 e. The van der Waals surface area contributed by atoms with Crippen molar-refractivity contribution in [3.8, 4) is 17.3 Å². The van der Waals surface area contributed by atoms with Crippen LogP contribution in [0.5, 0.6) is 0 Å². The molecule has 0 saturated heterocycles. The van der Waals surface area contributed by atoms with Crippen LogP contribution in [-0.2, 0) is 22.8 Å². The number of benzene rings is 2. The largest absolute Gasteiger partial charge is 0.416 e. The molecule has 0 bridgehead atoms. The first-order valence-electron chi connectivity index (χ1n) is 11.7. The van der Waals surface area contributed by atoms with Gasteiger partial charge in [-0.2, -0.15) is 18.4 Å². The number of amides is 1. The van der Waals surface area contributed by atoms with Crippen molar-refractivity contribution in [2.24, 2.45) is 0 Å². The molecule has 0 fully saturated rings. The van der Waals surface area contributed by atoms with E-state index in [0.717, 1.165) is 12.1 Å². The Morgan fingerprint density at radius 2 is 1.84 bits per heavy atom. The van der Waals surface area contributed by atoms with E-state index < -0.39 is 33.2 Å². The summed E-state index contributed by atoms with van der Waals surface area (Å²) in [6.07, 6.45) is -0.0218. The molecule has 1 aromatic heterocycles. The smallest absolute Gasteiger partial charge is 0.348 e. The minimum atomic E-state index is -4.58. The molecule has 0 aliphatic rings. The van der Waals surface area contributed by atoms with Crippen LogP contribution in [0.25, 0.3) is 11.1 Å². The van der Waals surface area contributed by atoms with Crippen molar-refractivity contribution < 1.29 is 22.2 Å². The van der Waals surface area contributed by atoms with Gasteiger partial charge in [0, 0.05) is 41.2 Å². The van der Waals surface area contributed by atoms with Gasteiger partial charge in [-0.15, -0.1) is 0 Å². The van der Waals surface area contributed by atoms with Crippen molar-refractivity contribution in [3.05, 3.63) is 86.8 Å². The summed E-state index contributed by atoms with van der Waals surface area (Å²) in [6, 6.07) is 9.32. The Hall–Kier alpha value is -3.91. The maximum atomic E-state index is 13.4. The standard InChI is InChI=1S/C27H29F3N4O3S/c1-16(2)34-14-22(25(35)24(18(34)4)20-7-6-8-21(12-20)27(28,29)30)26(36)32-13-19-9-10-23(17(3)11-19)38(5,37)33-15-31/h6-12,14,16,38H,13H2,1-5H3,(H,32,36)(H,33,37). The van der Waals surface area contributed by atoms with E-state index in [0.29, 0.717) is 21.7 Å². The van der Waals surface area contributed by atoms with E-state index in [1.807, 2.05) is 13.8 Å². The highest BCUT2D eigenvalue weighted by Crippen LogP contribution is 2.32. The van der Waals surface area contributed by atoms with Crippen LogP contribution in [0, 0.1) is 25.3 Å². The van der Waals surface area contributed by atoms with Gasteiger partial charge in [-0.05, 0) is 72.7 Å². The summed E-state index contributed by atoms with van der Waals surface area (Å²) < 4.78 is 56.7. The number of hydrogen-bond donors (Lipinski definition) is 3. The average molecular weight is 547 g/mol. The van der Waals surface area contributed by atoms with Crippen LogP contribution in [0.2, 0.25) is 0 Å². The van der Waals surface area contributed by atoms with E-state index in [1.54, 1.807) is 42.8 Å². The third-order valence-corrected chi connectivity index (χ3v) is 8.15. The molecular weight excluding hydrogens is 517 g/mol. The highest BCUT2D eigenvalue weighted by atomic mass is 32.3. The number of carbonyl (C=O) groups is 1. The van der Waals surface area contributed by atoms with E-state index in [2.05, 4.69) is 10.0 Å². The summed E-state index contributed by atoms with van der Waals surface area (Å²) in [5.41, 5.74) is 0.135. The molecular formula is C27H29F3N4O3S. The number of aryl methyl sites for hydroxylation is 1. The van der Waals surface area contributed by atoms with Crippen LogP contribution < -0.4 is 15.5 Å². The molecule has 1 heterocycles. The zero-order valence-corrected chi connectivity index (χ0v) is 22.5. The zero-order valence-electron chi connectivity index (χ0n) is 21.6. The van der Waals surface area contributed by atoms with Gasteiger partial charge in [-0.1, -0.05) is 24.3 Å². The lowest BCUT2D eigenvalue weighted by molar-refractivity contribution is -0.137. The van der Waals surface area contributed by atoms with Gasteiger partial charge >= 0.3 is 6.18 Å². The second-order valence-corrected chi connectivity index (χ2v) is 11.9. The van der Waals surface area contributed by atoms with Gasteiger partial charge < -0.3 is 9.88 Å². The van der Waals surface area contributed by atoms with Gasteiger partial charge in [-0.25, -0.2) is 0 Å². The first-order valence-corrected chi connectivity index (χ1v) is 13.9. The Labute approximate surface area is 219 Å². The van der Waals surface area contributed by atoms with Crippen LogP contribution in [0.4, 0.5) is 13.2 Å². The van der Waals surface area contributed by atoms with Gasteiger partial charge in [0.2, 0.25) is 5.43 Å². The van der Waals surface area contributed by atoms with Gasteiger partial charge in [0.25, 0.3) is 5.91 Å². The Morgan fingerprint density at radius 1 is 1.16 bits per heavy atom. The number of carbonyl (C=O) groups excluding carboxylic acids is 1. The van der Waals surface area contributed by atoms with Gasteiger partial charge in [0.15, 0.2) is 6.19 Å². The summed E-state index contributed by atoms with van der Waals surface area (Å²) in [5, 5.41) is 11.5. The van der Waals surface area contributed by atoms with Gasteiger partial charge in [0.05, 0.1) is 5.56 Å². The molecule has 11 heteroatoms. The monoisotopic (exact) mass is 546 g/mol. The van der Waals surface area contributed by atoms with Gasteiger partial charge in [0.1, 0.15) is 5.56 Å². The predicted molar refractivity (Wildman–Crippen MR) is 141 cm³/mol. The fourth-order valence-corrected chi connectivity index (χ4v) is 5.76. The Bertz CT molecular complexity index is 1540. The van der Waals surface area contributed by atoms with E-state index >= 15 is 0 Å². The number of nitrogens with one attached hydrogen (secondary N) is 2. The minimum absolute atomic E-state index is 0.0290. The molecule has 202 valence electrons. The third-order valence-electron chi connectivity index (χ3n) is 6.21. The highest BCUT2D eigenvalue weighted by Gasteiger charge is 2.31. The van der Waals surface area contributed by atoms with Crippen molar-refractivity contribution in [3.63, 3.8) is 0 Å². The summed E-state index contributed by atoms with van der Waals surface area (Å²) in [6.45, 7) is 7.10. The van der Waals surface area contributed by atoms with E-state index in [1.165, 1.54) is 24.6 Å².